The van der Waals surface area contributed by atoms with Crippen molar-refractivity contribution >= 4 is 16.8 Å². The molecule has 0 aliphatic carbocycles. The quantitative estimate of drug-likeness (QED) is 0.687. The Kier molecular flexibility index (Phi) is 6.59. The summed E-state index contributed by atoms with van der Waals surface area (Å²) >= 11 is 0. The molecule has 0 aromatic heterocycles. The molecule has 1 aromatic rings. The minimum Gasteiger partial charge on any atom is -0.397 e. The van der Waals surface area contributed by atoms with E-state index in [-0.39, 0.29) is 0 Å². The third-order valence-electron chi connectivity index (χ3n) is 5.18. The van der Waals surface area contributed by atoms with Gasteiger partial charge in [0.1, 0.15) is 8.24 Å². The van der Waals surface area contributed by atoms with Crippen LogP contribution in [0.4, 0.5) is 0 Å². The van der Waals surface area contributed by atoms with E-state index >= 15 is 0 Å². The Morgan fingerprint density at radius 2 is 1.45 bits per heavy atom. The van der Waals surface area contributed by atoms with E-state index in [4.69, 9.17) is 8.85 Å². The summed E-state index contributed by atoms with van der Waals surface area (Å²) < 4.78 is 14.2. The summed E-state index contributed by atoms with van der Waals surface area (Å²) in [5, 5.41) is 0.290. The van der Waals surface area contributed by atoms with Crippen LogP contribution in [0.25, 0.3) is 0 Å². The highest BCUT2D eigenvalue weighted by molar-refractivity contribution is 6.79. The van der Waals surface area contributed by atoms with Gasteiger partial charge in [-0.25, -0.2) is 0 Å². The van der Waals surface area contributed by atoms with Crippen molar-refractivity contribution in [3.63, 3.8) is 0 Å². The van der Waals surface area contributed by atoms with Crippen LogP contribution in [0.2, 0.25) is 24.7 Å². The van der Waals surface area contributed by atoms with E-state index in [0.29, 0.717) is 5.04 Å². The Bertz CT molecular complexity index is 453. The zero-order valence-electron chi connectivity index (χ0n) is 15.6. The Morgan fingerprint density at radius 1 is 0.955 bits per heavy atom. The molecule has 0 aliphatic rings. The van der Waals surface area contributed by atoms with Crippen LogP contribution >= 0.6 is 0 Å². The Balaban J connectivity index is 3.10. The summed E-state index contributed by atoms with van der Waals surface area (Å²) in [5.41, 5.74) is 1.36. The van der Waals surface area contributed by atoms with Crippen molar-refractivity contribution in [3.8, 4) is 0 Å². The van der Waals surface area contributed by atoms with E-state index in [2.05, 4.69) is 75.3 Å². The van der Waals surface area contributed by atoms with Crippen molar-refractivity contribution in [3.05, 3.63) is 35.9 Å². The lowest BCUT2D eigenvalue weighted by Crippen LogP contribution is -2.61. The Labute approximate surface area is 139 Å². The van der Waals surface area contributed by atoms with Gasteiger partial charge in [0.05, 0.1) is 0 Å². The molecule has 0 aliphatic heterocycles. The summed E-state index contributed by atoms with van der Waals surface area (Å²) in [4.78, 5) is 0. The summed E-state index contributed by atoms with van der Waals surface area (Å²) in [5.74, 6) is 0. The van der Waals surface area contributed by atoms with E-state index in [0.717, 1.165) is 12.7 Å². The smallest absolute Gasteiger partial charge is 0.348 e. The van der Waals surface area contributed by atoms with Gasteiger partial charge >= 0.3 is 8.56 Å². The summed E-state index contributed by atoms with van der Waals surface area (Å²) in [7, 11) is -0.234. The van der Waals surface area contributed by atoms with Crippen LogP contribution in [0.15, 0.2) is 30.3 Å². The molecule has 1 aromatic carbocycles. The van der Waals surface area contributed by atoms with Crippen LogP contribution in [0.1, 0.15) is 26.3 Å². The number of hydrogen-bond donors (Lipinski definition) is 0. The molecule has 0 fully saturated rings. The SMILES string of the molecule is CO[Si](C)(CN(Cc1ccccc1)[Si](C)(C)C(C)(C)C)OC. The first kappa shape index (κ1) is 19.6. The van der Waals surface area contributed by atoms with Crippen molar-refractivity contribution in [2.75, 3.05) is 20.4 Å². The lowest BCUT2D eigenvalue weighted by Gasteiger charge is -2.48. The average molecular weight is 340 g/mol. The minimum absolute atomic E-state index is 0.290. The van der Waals surface area contributed by atoms with Crippen molar-refractivity contribution in [1.82, 2.24) is 4.57 Å². The van der Waals surface area contributed by atoms with Gasteiger partial charge in [0, 0.05) is 26.9 Å². The second-order valence-electron chi connectivity index (χ2n) is 7.69. The molecular weight excluding hydrogens is 306 g/mol. The first-order valence-electron chi connectivity index (χ1n) is 7.95. The highest BCUT2D eigenvalue weighted by atomic mass is 28.4. The first-order chi connectivity index (χ1) is 10.1. The fourth-order valence-corrected chi connectivity index (χ4v) is 7.49. The molecule has 0 saturated carbocycles. The zero-order chi connectivity index (χ0) is 17.0. The van der Waals surface area contributed by atoms with Crippen LogP contribution in [-0.2, 0) is 15.4 Å². The zero-order valence-corrected chi connectivity index (χ0v) is 17.6. The van der Waals surface area contributed by atoms with Crippen molar-refractivity contribution in [1.29, 1.82) is 0 Å². The van der Waals surface area contributed by atoms with E-state index in [1.165, 1.54) is 5.56 Å². The highest BCUT2D eigenvalue weighted by Crippen LogP contribution is 2.39. The summed E-state index contributed by atoms with van der Waals surface area (Å²) in [6, 6.07) is 10.7. The van der Waals surface area contributed by atoms with Gasteiger partial charge in [-0.2, -0.15) is 0 Å². The molecule has 126 valence electrons. The lowest BCUT2D eigenvalue weighted by atomic mass is 10.2. The normalized spacial score (nSPS) is 13.7. The van der Waals surface area contributed by atoms with Crippen molar-refractivity contribution in [2.24, 2.45) is 0 Å². The average Bonchev–Trinajstić information content (AvgIpc) is 2.46. The number of benzene rings is 1. The van der Waals surface area contributed by atoms with Crippen molar-refractivity contribution < 1.29 is 8.85 Å². The molecule has 5 heteroatoms. The van der Waals surface area contributed by atoms with Crippen LogP contribution in [0, 0.1) is 0 Å². The highest BCUT2D eigenvalue weighted by Gasteiger charge is 2.45. The van der Waals surface area contributed by atoms with Crippen LogP contribution in [-0.4, -0.2) is 41.7 Å². The molecule has 0 bridgehead atoms. The summed E-state index contributed by atoms with van der Waals surface area (Å²) in [6.07, 6.45) is 0.908. The molecule has 0 amide bonds. The molecule has 0 spiro atoms. The molecule has 0 atom stereocenters. The molecule has 0 unspecified atom stereocenters. The van der Waals surface area contributed by atoms with Crippen LogP contribution in [0.3, 0.4) is 0 Å². The van der Waals surface area contributed by atoms with Crippen LogP contribution in [0.5, 0.6) is 0 Å². The van der Waals surface area contributed by atoms with Gasteiger partial charge in [-0.1, -0.05) is 64.2 Å². The van der Waals surface area contributed by atoms with Gasteiger partial charge in [-0.05, 0) is 17.1 Å². The molecule has 1 rings (SSSR count). The monoisotopic (exact) mass is 339 g/mol. The number of rotatable bonds is 7. The maximum atomic E-state index is 5.76. The van der Waals surface area contributed by atoms with E-state index in [1.54, 1.807) is 14.2 Å². The Morgan fingerprint density at radius 3 is 1.86 bits per heavy atom. The fraction of sp³-hybridized carbons (Fsp3) is 0.647. The fourth-order valence-electron chi connectivity index (χ4n) is 2.29. The van der Waals surface area contributed by atoms with Gasteiger partial charge in [0.2, 0.25) is 0 Å². The first-order valence-corrected chi connectivity index (χ1v) is 13.4. The molecule has 0 radical (unpaired) electrons. The van der Waals surface area contributed by atoms with Crippen molar-refractivity contribution in [2.45, 2.75) is 52.0 Å². The molecule has 22 heavy (non-hydrogen) atoms. The van der Waals surface area contributed by atoms with Gasteiger partial charge in [0.25, 0.3) is 0 Å². The topological polar surface area (TPSA) is 21.7 Å². The van der Waals surface area contributed by atoms with Gasteiger partial charge in [0.15, 0.2) is 0 Å². The number of nitrogens with zero attached hydrogens (tertiary/aromatic N) is 1. The molecule has 0 heterocycles. The molecule has 0 N–H and O–H groups in total. The van der Waals surface area contributed by atoms with E-state index in [9.17, 15) is 0 Å². The molecule has 3 nitrogen and oxygen atoms in total. The third-order valence-corrected chi connectivity index (χ3v) is 13.8. The van der Waals surface area contributed by atoms with Crippen LogP contribution < -0.4 is 0 Å². The van der Waals surface area contributed by atoms with Gasteiger partial charge < -0.3 is 13.4 Å². The predicted molar refractivity (Wildman–Crippen MR) is 99.7 cm³/mol. The minimum atomic E-state index is -2.14. The predicted octanol–water partition coefficient (Wildman–Crippen LogP) is 4.40. The molecule has 0 saturated heterocycles. The Hall–Kier alpha value is -0.466. The molecular formula is C17H33NO2Si2. The third kappa shape index (κ3) is 4.76. The second kappa shape index (κ2) is 7.40. The van der Waals surface area contributed by atoms with E-state index < -0.39 is 16.8 Å². The lowest BCUT2D eigenvalue weighted by molar-refractivity contribution is 0.230. The van der Waals surface area contributed by atoms with E-state index in [1.807, 2.05) is 0 Å². The van der Waals surface area contributed by atoms with Gasteiger partial charge in [-0.3, -0.25) is 0 Å². The summed E-state index contributed by atoms with van der Waals surface area (Å²) in [6.45, 7) is 15.1. The largest absolute Gasteiger partial charge is 0.397 e. The van der Waals surface area contributed by atoms with Gasteiger partial charge in [-0.15, -0.1) is 0 Å². The second-order valence-corrected chi connectivity index (χ2v) is 16.3. The standard InChI is InChI=1S/C17H33NO2Si2/c1-17(2,3)21(6,7)18(15-22(8,19-4)20-5)14-16-12-10-9-11-13-16/h9-13H,14-15H2,1-8H3. The number of hydrogen-bond acceptors (Lipinski definition) is 3. The maximum absolute atomic E-state index is 5.76. The maximum Gasteiger partial charge on any atom is 0.348 e.